The second kappa shape index (κ2) is 4.94. The van der Waals surface area contributed by atoms with Crippen LogP contribution in [0.2, 0.25) is 0 Å². The molecule has 4 heteroatoms. The number of nitrogens with two attached hydrogens (primary N) is 1. The fourth-order valence-electron chi connectivity index (χ4n) is 1.80. The monoisotopic (exact) mass is 239 g/mol. The Morgan fingerprint density at radius 1 is 1.24 bits per heavy atom. The summed E-state index contributed by atoms with van der Waals surface area (Å²) < 4.78 is 10.6. The van der Waals surface area contributed by atoms with Gasteiger partial charge in [-0.3, -0.25) is 0 Å². The van der Waals surface area contributed by atoms with Crippen LogP contribution in [0, 0.1) is 6.92 Å². The Balaban J connectivity index is 3.31. The summed E-state index contributed by atoms with van der Waals surface area (Å²) in [6.07, 6.45) is -0.790. The molecule has 0 aliphatic carbocycles. The summed E-state index contributed by atoms with van der Waals surface area (Å²) in [7, 11) is 3.17. The first-order valence-electron chi connectivity index (χ1n) is 5.51. The van der Waals surface area contributed by atoms with Gasteiger partial charge in [0.05, 0.1) is 20.3 Å². The minimum Gasteiger partial charge on any atom is -0.496 e. The van der Waals surface area contributed by atoms with Gasteiger partial charge in [0.1, 0.15) is 11.5 Å². The molecule has 1 aromatic rings. The largest absolute Gasteiger partial charge is 0.496 e. The summed E-state index contributed by atoms with van der Waals surface area (Å²) >= 11 is 0. The first-order chi connectivity index (χ1) is 7.82. The Kier molecular flexibility index (Phi) is 4.01. The van der Waals surface area contributed by atoms with Crippen LogP contribution in [0.15, 0.2) is 12.1 Å². The molecule has 0 amide bonds. The van der Waals surface area contributed by atoms with Gasteiger partial charge in [-0.05, 0) is 32.9 Å². The van der Waals surface area contributed by atoms with Crippen molar-refractivity contribution >= 4 is 0 Å². The zero-order valence-electron chi connectivity index (χ0n) is 11.1. The summed E-state index contributed by atoms with van der Waals surface area (Å²) in [5.74, 6) is 1.35. The third-order valence-corrected chi connectivity index (χ3v) is 2.81. The van der Waals surface area contributed by atoms with Crippen LogP contribution < -0.4 is 15.2 Å². The smallest absolute Gasteiger partial charge is 0.131 e. The van der Waals surface area contributed by atoms with E-state index in [4.69, 9.17) is 15.2 Å². The number of rotatable bonds is 4. The SMILES string of the molecule is COc1ccc(C(O)C(C)(C)N)c(OC)c1C. The number of ether oxygens (including phenoxy) is 2. The predicted molar refractivity (Wildman–Crippen MR) is 67.5 cm³/mol. The van der Waals surface area contributed by atoms with E-state index in [0.29, 0.717) is 11.3 Å². The molecular weight excluding hydrogens is 218 g/mol. The van der Waals surface area contributed by atoms with Gasteiger partial charge in [0.2, 0.25) is 0 Å². The van der Waals surface area contributed by atoms with Crippen LogP contribution in [0.25, 0.3) is 0 Å². The molecule has 0 heterocycles. The van der Waals surface area contributed by atoms with Crippen molar-refractivity contribution in [2.24, 2.45) is 5.73 Å². The zero-order valence-corrected chi connectivity index (χ0v) is 11.1. The summed E-state index contributed by atoms with van der Waals surface area (Å²) in [4.78, 5) is 0. The van der Waals surface area contributed by atoms with Gasteiger partial charge in [-0.15, -0.1) is 0 Å². The second-order valence-corrected chi connectivity index (χ2v) is 4.74. The average molecular weight is 239 g/mol. The Morgan fingerprint density at radius 3 is 2.24 bits per heavy atom. The third kappa shape index (κ3) is 2.70. The van der Waals surface area contributed by atoms with Gasteiger partial charge in [0, 0.05) is 16.7 Å². The molecule has 0 fully saturated rings. The van der Waals surface area contributed by atoms with Crippen molar-refractivity contribution in [3.63, 3.8) is 0 Å². The highest BCUT2D eigenvalue weighted by molar-refractivity contribution is 5.50. The summed E-state index contributed by atoms with van der Waals surface area (Å²) in [6, 6.07) is 3.59. The van der Waals surface area contributed by atoms with E-state index in [-0.39, 0.29) is 0 Å². The van der Waals surface area contributed by atoms with Gasteiger partial charge in [-0.25, -0.2) is 0 Å². The molecule has 0 saturated carbocycles. The minimum absolute atomic E-state index is 0.621. The molecule has 1 rings (SSSR count). The number of methoxy groups -OCH3 is 2. The van der Waals surface area contributed by atoms with E-state index in [1.165, 1.54) is 0 Å². The summed E-state index contributed by atoms with van der Waals surface area (Å²) in [6.45, 7) is 5.44. The quantitative estimate of drug-likeness (QED) is 0.840. The highest BCUT2D eigenvalue weighted by Gasteiger charge is 2.28. The molecule has 0 bridgehead atoms. The van der Waals surface area contributed by atoms with E-state index in [1.807, 2.05) is 13.0 Å². The lowest BCUT2D eigenvalue weighted by Crippen LogP contribution is -2.39. The van der Waals surface area contributed by atoms with Crippen LogP contribution in [0.4, 0.5) is 0 Å². The molecule has 4 nitrogen and oxygen atoms in total. The van der Waals surface area contributed by atoms with E-state index in [0.717, 1.165) is 11.3 Å². The molecule has 0 aliphatic rings. The maximum atomic E-state index is 10.2. The van der Waals surface area contributed by atoms with Crippen LogP contribution >= 0.6 is 0 Å². The summed E-state index contributed by atoms with van der Waals surface area (Å²) in [5.41, 5.74) is 6.73. The van der Waals surface area contributed by atoms with E-state index in [2.05, 4.69) is 0 Å². The molecule has 0 spiro atoms. The normalized spacial score (nSPS) is 13.4. The lowest BCUT2D eigenvalue weighted by Gasteiger charge is -2.28. The number of aliphatic hydroxyl groups is 1. The van der Waals surface area contributed by atoms with Crippen LogP contribution in [-0.2, 0) is 0 Å². The first-order valence-corrected chi connectivity index (χ1v) is 5.51. The standard InChI is InChI=1S/C13H21NO3/c1-8-10(16-4)7-6-9(11(8)17-5)12(15)13(2,3)14/h6-7,12,15H,14H2,1-5H3. The fraction of sp³-hybridized carbons (Fsp3) is 0.538. The van der Waals surface area contributed by atoms with Gasteiger partial charge in [0.15, 0.2) is 0 Å². The van der Waals surface area contributed by atoms with Gasteiger partial charge in [-0.1, -0.05) is 0 Å². The Morgan fingerprint density at radius 2 is 1.82 bits per heavy atom. The molecule has 0 aromatic heterocycles. The fourth-order valence-corrected chi connectivity index (χ4v) is 1.80. The van der Waals surface area contributed by atoms with Gasteiger partial charge in [0.25, 0.3) is 0 Å². The molecule has 17 heavy (non-hydrogen) atoms. The van der Waals surface area contributed by atoms with Crippen molar-refractivity contribution in [1.82, 2.24) is 0 Å². The predicted octanol–water partition coefficient (Wildman–Crippen LogP) is 1.78. The van der Waals surface area contributed by atoms with E-state index in [9.17, 15) is 5.11 Å². The molecule has 1 unspecified atom stereocenters. The molecular formula is C13H21NO3. The van der Waals surface area contributed by atoms with Crippen LogP contribution in [-0.4, -0.2) is 24.9 Å². The molecule has 0 aliphatic heterocycles. The minimum atomic E-state index is -0.790. The number of hydrogen-bond acceptors (Lipinski definition) is 4. The van der Waals surface area contributed by atoms with Crippen LogP contribution in [0.3, 0.4) is 0 Å². The summed E-state index contributed by atoms with van der Waals surface area (Å²) in [5, 5.41) is 10.2. The van der Waals surface area contributed by atoms with Crippen molar-refractivity contribution in [1.29, 1.82) is 0 Å². The Labute approximate surface area is 102 Å². The topological polar surface area (TPSA) is 64.7 Å². The van der Waals surface area contributed by atoms with Gasteiger partial charge >= 0.3 is 0 Å². The van der Waals surface area contributed by atoms with Crippen molar-refractivity contribution in [3.8, 4) is 11.5 Å². The Bertz CT molecular complexity index is 396. The number of benzene rings is 1. The van der Waals surface area contributed by atoms with Gasteiger partial charge in [-0.2, -0.15) is 0 Å². The highest BCUT2D eigenvalue weighted by atomic mass is 16.5. The maximum Gasteiger partial charge on any atom is 0.131 e. The molecule has 1 atom stereocenters. The highest BCUT2D eigenvalue weighted by Crippen LogP contribution is 2.37. The molecule has 0 saturated heterocycles. The van der Waals surface area contributed by atoms with Crippen molar-refractivity contribution in [3.05, 3.63) is 23.3 Å². The maximum absolute atomic E-state index is 10.2. The molecule has 0 radical (unpaired) electrons. The van der Waals surface area contributed by atoms with Crippen LogP contribution in [0.5, 0.6) is 11.5 Å². The van der Waals surface area contributed by atoms with E-state index >= 15 is 0 Å². The Hall–Kier alpha value is -1.26. The number of aliphatic hydroxyl groups excluding tert-OH is 1. The number of hydrogen-bond donors (Lipinski definition) is 2. The van der Waals surface area contributed by atoms with Crippen molar-refractivity contribution < 1.29 is 14.6 Å². The van der Waals surface area contributed by atoms with E-state index in [1.54, 1.807) is 34.1 Å². The average Bonchev–Trinajstić information content (AvgIpc) is 2.26. The first kappa shape index (κ1) is 13.8. The zero-order chi connectivity index (χ0) is 13.2. The van der Waals surface area contributed by atoms with E-state index < -0.39 is 11.6 Å². The second-order valence-electron chi connectivity index (χ2n) is 4.74. The third-order valence-electron chi connectivity index (χ3n) is 2.81. The lowest BCUT2D eigenvalue weighted by molar-refractivity contribution is 0.101. The van der Waals surface area contributed by atoms with Crippen LogP contribution in [0.1, 0.15) is 31.1 Å². The molecule has 3 N–H and O–H groups in total. The van der Waals surface area contributed by atoms with Crippen molar-refractivity contribution in [2.75, 3.05) is 14.2 Å². The lowest BCUT2D eigenvalue weighted by atomic mass is 9.90. The molecule has 1 aromatic carbocycles. The van der Waals surface area contributed by atoms with Crippen molar-refractivity contribution in [2.45, 2.75) is 32.4 Å². The molecule has 96 valence electrons. The van der Waals surface area contributed by atoms with Gasteiger partial charge < -0.3 is 20.3 Å².